The van der Waals surface area contributed by atoms with Crippen LogP contribution in [0.2, 0.25) is 0 Å². The third-order valence-corrected chi connectivity index (χ3v) is 4.09. The SMILES string of the molecule is N#Cc1cc(Oc2ccc(Nc3cc(-c4ccc(F)cc4)nc(N)n3)cc2)ccn1. The number of nitrogens with two attached hydrogens (primary N) is 1. The molecular formula is C22H15FN6O. The summed E-state index contributed by atoms with van der Waals surface area (Å²) in [5.41, 5.74) is 8.18. The topological polar surface area (TPSA) is 110 Å². The van der Waals surface area contributed by atoms with Crippen molar-refractivity contribution in [3.8, 4) is 28.8 Å². The summed E-state index contributed by atoms with van der Waals surface area (Å²) in [4.78, 5) is 12.3. The molecule has 0 saturated heterocycles. The second kappa shape index (κ2) is 8.24. The number of nitriles is 1. The zero-order valence-electron chi connectivity index (χ0n) is 15.6. The van der Waals surface area contributed by atoms with Crippen molar-refractivity contribution in [2.75, 3.05) is 11.1 Å². The fourth-order valence-electron chi connectivity index (χ4n) is 2.72. The lowest BCUT2D eigenvalue weighted by Gasteiger charge is -2.10. The molecule has 0 radical (unpaired) electrons. The summed E-state index contributed by atoms with van der Waals surface area (Å²) in [5, 5.41) is 12.1. The van der Waals surface area contributed by atoms with Gasteiger partial charge in [0.05, 0.1) is 5.69 Å². The van der Waals surface area contributed by atoms with Crippen LogP contribution in [0.4, 0.5) is 21.8 Å². The summed E-state index contributed by atoms with van der Waals surface area (Å²) in [7, 11) is 0. The van der Waals surface area contributed by atoms with Gasteiger partial charge in [-0.05, 0) is 54.6 Å². The van der Waals surface area contributed by atoms with Crippen LogP contribution in [0, 0.1) is 17.1 Å². The van der Waals surface area contributed by atoms with Crippen LogP contribution < -0.4 is 15.8 Å². The van der Waals surface area contributed by atoms with Gasteiger partial charge in [-0.15, -0.1) is 0 Å². The predicted octanol–water partition coefficient (Wildman–Crippen LogP) is 4.67. The van der Waals surface area contributed by atoms with Gasteiger partial charge in [0.15, 0.2) is 0 Å². The molecule has 0 amide bonds. The second-order valence-electron chi connectivity index (χ2n) is 6.24. The minimum absolute atomic E-state index is 0.102. The first-order chi connectivity index (χ1) is 14.6. The average Bonchev–Trinajstić information content (AvgIpc) is 2.75. The lowest BCUT2D eigenvalue weighted by molar-refractivity contribution is 0.482. The highest BCUT2D eigenvalue weighted by Crippen LogP contribution is 2.26. The van der Waals surface area contributed by atoms with Crippen molar-refractivity contribution in [2.45, 2.75) is 0 Å². The summed E-state index contributed by atoms with van der Waals surface area (Å²) in [6.07, 6.45) is 1.52. The molecular weight excluding hydrogens is 383 g/mol. The Morgan fingerprint density at radius 1 is 0.933 bits per heavy atom. The second-order valence-corrected chi connectivity index (χ2v) is 6.24. The molecule has 146 valence electrons. The van der Waals surface area contributed by atoms with Crippen molar-refractivity contribution in [3.63, 3.8) is 0 Å². The van der Waals surface area contributed by atoms with E-state index in [9.17, 15) is 4.39 Å². The van der Waals surface area contributed by atoms with E-state index in [1.54, 1.807) is 42.5 Å². The first kappa shape index (κ1) is 18.8. The zero-order valence-corrected chi connectivity index (χ0v) is 15.6. The number of rotatable bonds is 5. The Labute approximate surface area is 171 Å². The zero-order chi connectivity index (χ0) is 20.9. The van der Waals surface area contributed by atoms with Gasteiger partial charge in [-0.1, -0.05) is 0 Å². The Kier molecular flexibility index (Phi) is 5.17. The van der Waals surface area contributed by atoms with Gasteiger partial charge in [0.25, 0.3) is 0 Å². The van der Waals surface area contributed by atoms with Crippen molar-refractivity contribution in [3.05, 3.63) is 84.4 Å². The van der Waals surface area contributed by atoms with E-state index in [-0.39, 0.29) is 17.5 Å². The maximum absolute atomic E-state index is 13.2. The average molecular weight is 398 g/mol. The standard InChI is InChI=1S/C22H15FN6O/c23-15-3-1-14(2-4-15)20-12-21(29-22(25)28-20)27-16-5-7-18(8-6-16)30-19-9-10-26-17(11-19)13-24/h1-12H,(H3,25,27,28,29). The van der Waals surface area contributed by atoms with E-state index in [0.29, 0.717) is 23.0 Å². The third kappa shape index (κ3) is 4.48. The molecule has 0 aliphatic carbocycles. The van der Waals surface area contributed by atoms with Crippen molar-refractivity contribution in [2.24, 2.45) is 0 Å². The van der Waals surface area contributed by atoms with Crippen LogP contribution in [0.1, 0.15) is 5.69 Å². The monoisotopic (exact) mass is 398 g/mol. The van der Waals surface area contributed by atoms with Crippen LogP contribution in [0.15, 0.2) is 72.9 Å². The molecule has 30 heavy (non-hydrogen) atoms. The molecule has 0 atom stereocenters. The number of halogens is 1. The number of nitrogens with one attached hydrogen (secondary N) is 1. The van der Waals surface area contributed by atoms with E-state index in [2.05, 4.69) is 20.3 Å². The van der Waals surface area contributed by atoms with Crippen LogP contribution in [0.25, 0.3) is 11.3 Å². The molecule has 3 N–H and O–H groups in total. The first-order valence-corrected chi connectivity index (χ1v) is 8.91. The molecule has 8 heteroatoms. The van der Waals surface area contributed by atoms with Gasteiger partial charge in [0.2, 0.25) is 5.95 Å². The van der Waals surface area contributed by atoms with Crippen LogP contribution in [0.5, 0.6) is 11.5 Å². The Hall–Kier alpha value is -4.51. The smallest absolute Gasteiger partial charge is 0.222 e. The molecule has 0 saturated carbocycles. The summed E-state index contributed by atoms with van der Waals surface area (Å²) in [5.74, 6) is 1.41. The van der Waals surface area contributed by atoms with Gasteiger partial charge in [-0.25, -0.2) is 14.4 Å². The first-order valence-electron chi connectivity index (χ1n) is 8.91. The lowest BCUT2D eigenvalue weighted by Crippen LogP contribution is -2.01. The lowest BCUT2D eigenvalue weighted by atomic mass is 10.1. The molecule has 2 aromatic heterocycles. The van der Waals surface area contributed by atoms with Crippen LogP contribution in [-0.2, 0) is 0 Å². The number of hydrogen-bond acceptors (Lipinski definition) is 7. The number of nitrogen functional groups attached to an aromatic ring is 1. The van der Waals surface area contributed by atoms with E-state index in [0.717, 1.165) is 11.3 Å². The van der Waals surface area contributed by atoms with Crippen molar-refractivity contribution in [1.29, 1.82) is 5.26 Å². The molecule has 4 aromatic rings. The highest BCUT2D eigenvalue weighted by atomic mass is 19.1. The Balaban J connectivity index is 1.50. The number of benzene rings is 2. The maximum atomic E-state index is 13.2. The number of pyridine rings is 1. The molecule has 0 unspecified atom stereocenters. The van der Waals surface area contributed by atoms with Crippen LogP contribution in [-0.4, -0.2) is 15.0 Å². The quantitative estimate of drug-likeness (QED) is 0.503. The third-order valence-electron chi connectivity index (χ3n) is 4.09. The summed E-state index contributed by atoms with van der Waals surface area (Å²) >= 11 is 0. The maximum Gasteiger partial charge on any atom is 0.222 e. The number of hydrogen-bond donors (Lipinski definition) is 2. The van der Waals surface area contributed by atoms with Gasteiger partial charge in [-0.3, -0.25) is 0 Å². The summed E-state index contributed by atoms with van der Waals surface area (Å²) in [6.45, 7) is 0. The van der Waals surface area contributed by atoms with Gasteiger partial charge in [0.1, 0.15) is 34.9 Å². The van der Waals surface area contributed by atoms with Crippen LogP contribution in [0.3, 0.4) is 0 Å². The number of nitrogens with zero attached hydrogens (tertiary/aromatic N) is 4. The Bertz CT molecular complexity index is 1220. The van der Waals surface area contributed by atoms with E-state index in [4.69, 9.17) is 15.7 Å². The summed E-state index contributed by atoms with van der Waals surface area (Å²) in [6, 6.07) is 20.1. The largest absolute Gasteiger partial charge is 0.457 e. The molecule has 0 aliphatic rings. The van der Waals surface area contributed by atoms with E-state index in [1.807, 2.05) is 18.2 Å². The van der Waals surface area contributed by atoms with Crippen molar-refractivity contribution < 1.29 is 9.13 Å². The highest BCUT2D eigenvalue weighted by Gasteiger charge is 2.07. The van der Waals surface area contributed by atoms with Crippen LogP contribution >= 0.6 is 0 Å². The van der Waals surface area contributed by atoms with E-state index in [1.165, 1.54) is 18.3 Å². The molecule has 2 aromatic carbocycles. The number of aromatic nitrogens is 3. The minimum Gasteiger partial charge on any atom is -0.457 e. The fraction of sp³-hybridized carbons (Fsp3) is 0. The van der Waals surface area contributed by atoms with E-state index < -0.39 is 0 Å². The number of ether oxygens (including phenoxy) is 1. The molecule has 7 nitrogen and oxygen atoms in total. The predicted molar refractivity (Wildman–Crippen MR) is 111 cm³/mol. The van der Waals surface area contributed by atoms with Crippen molar-refractivity contribution >= 4 is 17.5 Å². The van der Waals surface area contributed by atoms with Gasteiger partial charge >= 0.3 is 0 Å². The van der Waals surface area contributed by atoms with Gasteiger partial charge in [0, 0.05) is 29.6 Å². The normalized spacial score (nSPS) is 10.3. The van der Waals surface area contributed by atoms with Gasteiger partial charge in [-0.2, -0.15) is 10.2 Å². The molecule has 0 bridgehead atoms. The van der Waals surface area contributed by atoms with Crippen molar-refractivity contribution in [1.82, 2.24) is 15.0 Å². The minimum atomic E-state index is -0.322. The summed E-state index contributed by atoms with van der Waals surface area (Å²) < 4.78 is 18.9. The number of anilines is 3. The molecule has 0 aliphatic heterocycles. The molecule has 0 spiro atoms. The molecule has 4 rings (SSSR count). The van der Waals surface area contributed by atoms with E-state index >= 15 is 0 Å². The molecule has 2 heterocycles. The van der Waals surface area contributed by atoms with Gasteiger partial charge < -0.3 is 15.8 Å². The highest BCUT2D eigenvalue weighted by molar-refractivity contribution is 5.67. The molecule has 0 fully saturated rings. The Morgan fingerprint density at radius 3 is 2.43 bits per heavy atom. The Morgan fingerprint density at radius 2 is 1.70 bits per heavy atom. The fourth-order valence-corrected chi connectivity index (χ4v) is 2.72.